The predicted octanol–water partition coefficient (Wildman–Crippen LogP) is -10.2. The second-order valence-corrected chi connectivity index (χ2v) is 7.67. The van der Waals surface area contributed by atoms with Gasteiger partial charge in [-0.1, -0.05) is 0 Å². The fourth-order valence-corrected chi connectivity index (χ4v) is 3.63. The molecule has 1 aromatic rings. The monoisotopic (exact) mass is 463 g/mol. The maximum Gasteiger partial charge on any atom is 1.00 e. The third-order valence-corrected chi connectivity index (χ3v) is 5.21. The van der Waals surface area contributed by atoms with Crippen LogP contribution in [-0.4, -0.2) is 54.7 Å². The number of aliphatic hydroxyl groups is 3. The summed E-state index contributed by atoms with van der Waals surface area (Å²) in [6.45, 7) is -0.697. The number of aromatic nitrogens is 2. The first-order valence-corrected chi connectivity index (χ1v) is 9.57. The molecule has 148 valence electrons. The Balaban J connectivity index is 0.00000364. The van der Waals surface area contributed by atoms with Gasteiger partial charge in [-0.25, -0.2) is 13.7 Å². The Morgan fingerprint density at radius 3 is 2.32 bits per heavy atom. The molecule has 0 saturated carbocycles. The molecule has 1 aromatic heterocycles. The van der Waals surface area contributed by atoms with Gasteiger partial charge in [0.2, 0.25) is 0 Å². The van der Waals surface area contributed by atoms with Crippen molar-refractivity contribution in [1.82, 2.24) is 9.55 Å². The van der Waals surface area contributed by atoms with Crippen molar-refractivity contribution < 1.29 is 112 Å². The second kappa shape index (κ2) is 10.8. The second-order valence-electron chi connectivity index (χ2n) is 5.00. The van der Waals surface area contributed by atoms with Crippen molar-refractivity contribution in [3.63, 3.8) is 0 Å². The van der Waals surface area contributed by atoms with E-state index in [4.69, 9.17) is 15.6 Å². The van der Waals surface area contributed by atoms with Gasteiger partial charge < -0.3 is 44.7 Å². The van der Waals surface area contributed by atoms with Crippen LogP contribution in [0.4, 0.5) is 5.82 Å². The number of aliphatic hydroxyl groups excluding tert-OH is 3. The van der Waals surface area contributed by atoms with Crippen molar-refractivity contribution in [3.05, 3.63) is 16.7 Å². The topological polar surface area (TPSA) is 250 Å². The van der Waals surface area contributed by atoms with E-state index in [1.54, 1.807) is 0 Å². The van der Waals surface area contributed by atoms with Crippen molar-refractivity contribution in [2.24, 2.45) is 0 Å². The molecule has 2 rings (SSSR count). The van der Waals surface area contributed by atoms with Crippen molar-refractivity contribution in [2.45, 2.75) is 24.5 Å². The molecule has 1 aliphatic heterocycles. The van der Waals surface area contributed by atoms with E-state index in [9.17, 15) is 38.8 Å². The van der Waals surface area contributed by atoms with Gasteiger partial charge in [0.25, 0.3) is 0 Å². The molecule has 0 spiro atoms. The molecule has 19 heteroatoms. The van der Waals surface area contributed by atoms with Crippen LogP contribution in [0.3, 0.4) is 0 Å². The fraction of sp³-hybridized carbons (Fsp3) is 0.556. The molecule has 1 fully saturated rings. The van der Waals surface area contributed by atoms with E-state index < -0.39 is 64.0 Å². The molecule has 1 aliphatic rings. The quantitative estimate of drug-likeness (QED) is 0.194. The molecular formula is C9H13N3Na2O12P2. The molecule has 28 heavy (non-hydrogen) atoms. The largest absolute Gasteiger partial charge is 1.00 e. The van der Waals surface area contributed by atoms with Crippen LogP contribution in [0.5, 0.6) is 5.75 Å². The van der Waals surface area contributed by atoms with Gasteiger partial charge in [0.05, 0.1) is 20.6 Å². The molecule has 5 unspecified atom stereocenters. The number of phosphoric ester groups is 1. The minimum Gasteiger partial charge on any atom is -0.789 e. The molecule has 15 nitrogen and oxygen atoms in total. The molecule has 0 aromatic carbocycles. The summed E-state index contributed by atoms with van der Waals surface area (Å²) < 4.78 is 35.2. The van der Waals surface area contributed by atoms with Crippen molar-refractivity contribution in [1.29, 1.82) is 0 Å². The molecule has 0 radical (unpaired) electrons. The summed E-state index contributed by atoms with van der Waals surface area (Å²) in [5.41, 5.74) is 4.18. The smallest absolute Gasteiger partial charge is 0.789 e. The van der Waals surface area contributed by atoms with E-state index in [2.05, 4.69) is 13.8 Å². The first kappa shape index (κ1) is 28.6. The number of nitrogen functional groups attached to an aromatic ring is 1. The van der Waals surface area contributed by atoms with E-state index in [0.29, 0.717) is 10.8 Å². The Labute approximate surface area is 200 Å². The van der Waals surface area contributed by atoms with Crippen LogP contribution in [0.1, 0.15) is 6.23 Å². The van der Waals surface area contributed by atoms with Crippen molar-refractivity contribution in [3.8, 4) is 5.75 Å². The minimum atomic E-state index is -5.91. The van der Waals surface area contributed by atoms with Crippen LogP contribution in [0.2, 0.25) is 0 Å². The number of nitrogens with two attached hydrogens (primary N) is 1. The van der Waals surface area contributed by atoms with Crippen molar-refractivity contribution in [2.75, 3.05) is 12.3 Å². The first-order valence-electron chi connectivity index (χ1n) is 6.61. The summed E-state index contributed by atoms with van der Waals surface area (Å²) in [4.78, 5) is 45.2. The average molecular weight is 463 g/mol. The van der Waals surface area contributed by atoms with E-state index in [1.165, 1.54) is 0 Å². The maximum absolute atomic E-state index is 11.9. The zero-order chi connectivity index (χ0) is 19.9. The van der Waals surface area contributed by atoms with E-state index in [0.717, 1.165) is 0 Å². The summed E-state index contributed by atoms with van der Waals surface area (Å²) in [7, 11) is -11.4. The fourth-order valence-electron chi connectivity index (χ4n) is 2.09. The number of ether oxygens (including phenoxy) is 1. The molecule has 2 heterocycles. The van der Waals surface area contributed by atoms with E-state index >= 15 is 0 Å². The Morgan fingerprint density at radius 1 is 1.29 bits per heavy atom. The van der Waals surface area contributed by atoms with Gasteiger partial charge in [-0.15, -0.1) is 0 Å². The van der Waals surface area contributed by atoms with Gasteiger partial charge in [-0.3, -0.25) is 9.46 Å². The van der Waals surface area contributed by atoms with Gasteiger partial charge in [-0.05, 0) is 0 Å². The number of hydrogen-bond donors (Lipinski definition) is 5. The normalized spacial score (nSPS) is 26.6. The zero-order valence-corrected chi connectivity index (χ0v) is 20.3. The van der Waals surface area contributed by atoms with Crippen LogP contribution >= 0.6 is 15.6 Å². The number of hydrogen-bond acceptors (Lipinski definition) is 13. The average Bonchev–Trinajstić information content (AvgIpc) is 2.75. The summed E-state index contributed by atoms with van der Waals surface area (Å²) in [6, 6.07) is 0. The van der Waals surface area contributed by atoms with Crippen LogP contribution in [0.25, 0.3) is 0 Å². The Bertz CT molecular complexity index is 833. The third kappa shape index (κ3) is 7.10. The standard InChI is InChI=1S/C9H15N3O12P2.2Na/c10-7-3(23-26(20,21)24-25(17,18)19)1-12(9(16)11-7)8-6(15)5(14)4(2-13)22-8;;/h1,4-6,8,13-15H,2H2,(H,20,21)(H2,10,11,16)(H2,17,18,19);;/q;2*+1/p-2. The Morgan fingerprint density at radius 2 is 1.86 bits per heavy atom. The summed E-state index contributed by atoms with van der Waals surface area (Å²) in [5.74, 6) is -1.64. The number of rotatable bonds is 6. The zero-order valence-electron chi connectivity index (χ0n) is 14.5. The molecule has 0 bridgehead atoms. The van der Waals surface area contributed by atoms with Gasteiger partial charge >= 0.3 is 72.6 Å². The molecule has 6 N–H and O–H groups in total. The van der Waals surface area contributed by atoms with Crippen LogP contribution in [0, 0.1) is 0 Å². The summed E-state index contributed by atoms with van der Waals surface area (Å²) in [5, 5.41) is 28.6. The van der Waals surface area contributed by atoms with Crippen LogP contribution in [0.15, 0.2) is 11.0 Å². The van der Waals surface area contributed by atoms with Gasteiger partial charge in [0, 0.05) is 0 Å². The van der Waals surface area contributed by atoms with Gasteiger partial charge in [-0.2, -0.15) is 4.98 Å². The molecular weight excluding hydrogens is 450 g/mol. The van der Waals surface area contributed by atoms with Crippen LogP contribution < -0.4 is 84.8 Å². The minimum absolute atomic E-state index is 0. The number of nitrogens with zero attached hydrogens (tertiary/aromatic N) is 2. The van der Waals surface area contributed by atoms with Crippen molar-refractivity contribution >= 4 is 21.5 Å². The maximum atomic E-state index is 11.9. The predicted molar refractivity (Wildman–Crippen MR) is 75.1 cm³/mol. The van der Waals surface area contributed by atoms with E-state index in [-0.39, 0.29) is 59.1 Å². The van der Waals surface area contributed by atoms with Crippen LogP contribution in [-0.2, 0) is 18.2 Å². The first-order chi connectivity index (χ1) is 11.8. The molecule has 5 atom stereocenters. The molecule has 1 saturated heterocycles. The summed E-state index contributed by atoms with van der Waals surface area (Å²) in [6.07, 6.45) is -5.50. The Hall–Kier alpha value is 0.620. The van der Waals surface area contributed by atoms with E-state index in [1.807, 2.05) is 0 Å². The number of phosphoric acid groups is 2. The number of anilines is 1. The molecule has 0 aliphatic carbocycles. The van der Waals surface area contributed by atoms with Gasteiger partial charge in [0.1, 0.15) is 18.3 Å². The molecule has 0 amide bonds. The SMILES string of the molecule is Nc1nc(=O)n(C2OC(CO)C(O)C2O)cc1OP(=O)(O)OP(=O)([O-])[O-].[Na+].[Na+]. The summed E-state index contributed by atoms with van der Waals surface area (Å²) >= 11 is 0. The third-order valence-electron chi connectivity index (χ3n) is 3.15. The van der Waals surface area contributed by atoms with Gasteiger partial charge in [0.15, 0.2) is 17.8 Å². The Kier molecular flexibility index (Phi) is 11.0.